The van der Waals surface area contributed by atoms with Crippen LogP contribution in [0.5, 0.6) is 5.75 Å². The summed E-state index contributed by atoms with van der Waals surface area (Å²) >= 11 is 0. The van der Waals surface area contributed by atoms with Crippen molar-refractivity contribution in [3.05, 3.63) is 95.3 Å². The van der Waals surface area contributed by atoms with Crippen LogP contribution in [-0.4, -0.2) is 24.3 Å². The zero-order valence-electron chi connectivity index (χ0n) is 19.0. The number of aromatic nitrogens is 1. The number of carbonyl (C=O) groups excluding carboxylic acids is 1. The molecule has 0 saturated heterocycles. The summed E-state index contributed by atoms with van der Waals surface area (Å²) in [6.45, 7) is 0. The van der Waals surface area contributed by atoms with E-state index in [2.05, 4.69) is 20.4 Å². The number of aryl methyl sites for hydroxylation is 1. The summed E-state index contributed by atoms with van der Waals surface area (Å²) in [5, 5.41) is 5.75. The van der Waals surface area contributed by atoms with Gasteiger partial charge in [-0.1, -0.05) is 48.5 Å². The maximum absolute atomic E-state index is 12.8. The van der Waals surface area contributed by atoms with Crippen molar-refractivity contribution < 1.29 is 35.9 Å². The van der Waals surface area contributed by atoms with Gasteiger partial charge in [-0.25, -0.2) is 0 Å². The van der Waals surface area contributed by atoms with E-state index in [9.17, 15) is 31.1 Å². The number of hydrogen-bond acceptors (Lipinski definition) is 4. The normalized spacial score (nSPS) is 13.6. The first kappa shape index (κ1) is 27.0. The smallest absolute Gasteiger partial charge is 0.406 e. The van der Waals surface area contributed by atoms with Gasteiger partial charge in [0.15, 0.2) is 0 Å². The summed E-state index contributed by atoms with van der Waals surface area (Å²) in [6, 6.07) is 14.7. The Morgan fingerprint density at radius 1 is 0.944 bits per heavy atom. The Morgan fingerprint density at radius 3 is 2.22 bits per heavy atom. The minimum absolute atomic E-state index is 0.239. The van der Waals surface area contributed by atoms with Gasteiger partial charge >= 0.3 is 12.5 Å². The van der Waals surface area contributed by atoms with Gasteiger partial charge in [0.05, 0.1) is 0 Å². The third-order valence-electron chi connectivity index (χ3n) is 5.34. The summed E-state index contributed by atoms with van der Waals surface area (Å²) in [5.41, 5.74) is 0.498. The van der Waals surface area contributed by atoms with Crippen LogP contribution in [-0.2, 0) is 17.4 Å². The lowest BCUT2D eigenvalue weighted by atomic mass is 9.96. The van der Waals surface area contributed by atoms with E-state index in [0.717, 1.165) is 18.3 Å². The van der Waals surface area contributed by atoms with Gasteiger partial charge in [0.1, 0.15) is 17.5 Å². The van der Waals surface area contributed by atoms with Crippen LogP contribution in [0.3, 0.4) is 0 Å². The fourth-order valence-electron chi connectivity index (χ4n) is 3.64. The number of nitrogens with one attached hydrogen (secondary N) is 2. The van der Waals surface area contributed by atoms with E-state index in [-0.39, 0.29) is 18.7 Å². The molecule has 1 amide bonds. The van der Waals surface area contributed by atoms with Crippen molar-refractivity contribution >= 4 is 5.91 Å². The second kappa shape index (κ2) is 11.4. The molecule has 0 fully saturated rings. The molecule has 0 aliphatic carbocycles. The number of pyridine rings is 1. The first-order valence-corrected chi connectivity index (χ1v) is 10.9. The molecule has 3 rings (SSSR count). The summed E-state index contributed by atoms with van der Waals surface area (Å²) < 4.78 is 80.8. The molecule has 5 nitrogen and oxygen atoms in total. The Hall–Kier alpha value is -3.60. The maximum atomic E-state index is 12.8. The number of likely N-dealkylation sites (N-methyl/N-ethyl adjacent to an activating group) is 1. The van der Waals surface area contributed by atoms with Crippen LogP contribution in [0.15, 0.2) is 72.9 Å². The topological polar surface area (TPSA) is 63.2 Å². The number of carbonyl (C=O) groups is 1. The van der Waals surface area contributed by atoms with Crippen LogP contribution in [0.25, 0.3) is 0 Å². The van der Waals surface area contributed by atoms with E-state index >= 15 is 0 Å². The largest absolute Gasteiger partial charge is 0.573 e. The standard InChI is InChI=1S/C25H23F6N3O2/c1-32-23(35)22(17-6-3-2-4-7-17)34-20(18-8-5-9-19(14-18)36-25(29,30)31)12-10-16-11-13-21(33-15-16)24(26,27)28/h2-9,11,13-15,20,22,34H,10,12H2,1H3,(H,32,35)/t20-,22?/m1/s1. The molecule has 3 aromatic rings. The second-order valence-corrected chi connectivity index (χ2v) is 7.89. The van der Waals surface area contributed by atoms with Crippen molar-refractivity contribution in [2.24, 2.45) is 0 Å². The van der Waals surface area contributed by atoms with Crippen molar-refractivity contribution in [2.45, 2.75) is 37.5 Å². The highest BCUT2D eigenvalue weighted by Gasteiger charge is 2.33. The Kier molecular flexibility index (Phi) is 8.57. The molecule has 0 bridgehead atoms. The van der Waals surface area contributed by atoms with Crippen LogP contribution in [0.2, 0.25) is 0 Å². The van der Waals surface area contributed by atoms with Crippen molar-refractivity contribution in [3.63, 3.8) is 0 Å². The zero-order chi connectivity index (χ0) is 26.3. The highest BCUT2D eigenvalue weighted by Crippen LogP contribution is 2.30. The number of rotatable bonds is 9. The molecule has 1 unspecified atom stereocenters. The summed E-state index contributed by atoms with van der Waals surface area (Å²) in [7, 11) is 1.46. The minimum atomic E-state index is -4.89. The monoisotopic (exact) mass is 511 g/mol. The van der Waals surface area contributed by atoms with Crippen LogP contribution in [0.1, 0.15) is 40.9 Å². The average molecular weight is 511 g/mol. The molecular weight excluding hydrogens is 488 g/mol. The Balaban J connectivity index is 1.90. The third-order valence-corrected chi connectivity index (χ3v) is 5.34. The molecule has 2 atom stereocenters. The first-order chi connectivity index (χ1) is 17.0. The molecule has 2 N–H and O–H groups in total. The zero-order valence-corrected chi connectivity index (χ0v) is 19.0. The SMILES string of the molecule is CNC(=O)C(N[C@H](CCc1ccc(C(F)(F)F)nc1)c1cccc(OC(F)(F)F)c1)c1ccccc1. The quantitative estimate of drug-likeness (QED) is 0.359. The number of halogens is 6. The Morgan fingerprint density at radius 2 is 1.64 bits per heavy atom. The van der Waals surface area contributed by atoms with E-state index in [0.29, 0.717) is 16.7 Å². The molecule has 1 aromatic heterocycles. The number of hydrogen-bond donors (Lipinski definition) is 2. The van der Waals surface area contributed by atoms with E-state index in [4.69, 9.17) is 0 Å². The highest BCUT2D eigenvalue weighted by molar-refractivity contribution is 5.83. The van der Waals surface area contributed by atoms with Gasteiger partial charge in [-0.05, 0) is 47.7 Å². The number of ether oxygens (including phenoxy) is 1. The van der Waals surface area contributed by atoms with Crippen LogP contribution in [0, 0.1) is 0 Å². The number of alkyl halides is 6. The van der Waals surface area contributed by atoms with Crippen LogP contribution >= 0.6 is 0 Å². The number of nitrogens with zero attached hydrogens (tertiary/aromatic N) is 1. The minimum Gasteiger partial charge on any atom is -0.406 e. The van der Waals surface area contributed by atoms with Crippen LogP contribution < -0.4 is 15.4 Å². The lowest BCUT2D eigenvalue weighted by molar-refractivity contribution is -0.274. The van der Waals surface area contributed by atoms with E-state index in [1.165, 1.54) is 25.2 Å². The van der Waals surface area contributed by atoms with E-state index in [1.54, 1.807) is 36.4 Å². The molecule has 0 radical (unpaired) electrons. The molecule has 36 heavy (non-hydrogen) atoms. The summed E-state index contributed by atoms with van der Waals surface area (Å²) in [6.07, 6.45) is -7.87. The highest BCUT2D eigenvalue weighted by atomic mass is 19.4. The second-order valence-electron chi connectivity index (χ2n) is 7.89. The van der Waals surface area contributed by atoms with Gasteiger partial charge < -0.3 is 10.1 Å². The molecule has 192 valence electrons. The van der Waals surface area contributed by atoms with Crippen molar-refractivity contribution in [1.82, 2.24) is 15.6 Å². The van der Waals surface area contributed by atoms with Gasteiger partial charge in [0.25, 0.3) is 0 Å². The molecule has 2 aromatic carbocycles. The predicted molar refractivity (Wildman–Crippen MR) is 120 cm³/mol. The molecule has 11 heteroatoms. The van der Waals surface area contributed by atoms with E-state index in [1.807, 2.05) is 0 Å². The van der Waals surface area contributed by atoms with Crippen molar-refractivity contribution in [2.75, 3.05) is 7.05 Å². The number of amides is 1. The third kappa shape index (κ3) is 7.70. The lowest BCUT2D eigenvalue weighted by Gasteiger charge is -2.26. The van der Waals surface area contributed by atoms with Gasteiger partial charge in [0.2, 0.25) is 5.91 Å². The van der Waals surface area contributed by atoms with E-state index < -0.39 is 36.1 Å². The molecule has 0 aliphatic rings. The summed E-state index contributed by atoms with van der Waals surface area (Å²) in [5.74, 6) is -0.802. The van der Waals surface area contributed by atoms with Crippen molar-refractivity contribution in [1.29, 1.82) is 0 Å². The molecule has 0 spiro atoms. The van der Waals surface area contributed by atoms with Gasteiger partial charge in [-0.15, -0.1) is 13.2 Å². The van der Waals surface area contributed by atoms with Gasteiger partial charge in [-0.3, -0.25) is 15.1 Å². The van der Waals surface area contributed by atoms with Gasteiger partial charge in [-0.2, -0.15) is 13.2 Å². The summed E-state index contributed by atoms with van der Waals surface area (Å²) in [4.78, 5) is 16.1. The molecule has 1 heterocycles. The maximum Gasteiger partial charge on any atom is 0.573 e. The fourth-order valence-corrected chi connectivity index (χ4v) is 3.64. The van der Waals surface area contributed by atoms with Crippen molar-refractivity contribution in [3.8, 4) is 5.75 Å². The van der Waals surface area contributed by atoms with Crippen LogP contribution in [0.4, 0.5) is 26.3 Å². The number of benzene rings is 2. The predicted octanol–water partition coefficient (Wildman–Crippen LogP) is 5.75. The molecule has 0 aliphatic heterocycles. The Bertz CT molecular complexity index is 1140. The lowest BCUT2D eigenvalue weighted by Crippen LogP contribution is -2.38. The molecule has 0 saturated carbocycles. The average Bonchev–Trinajstić information content (AvgIpc) is 2.83. The first-order valence-electron chi connectivity index (χ1n) is 10.9. The Labute approximate surface area is 203 Å². The van der Waals surface area contributed by atoms with Gasteiger partial charge in [0, 0.05) is 19.3 Å². The molecular formula is C25H23F6N3O2. The fraction of sp³-hybridized carbons (Fsp3) is 0.280.